The van der Waals surface area contributed by atoms with Crippen LogP contribution in [0, 0.1) is 5.41 Å². The van der Waals surface area contributed by atoms with Crippen molar-refractivity contribution in [3.8, 4) is 0 Å². The monoisotopic (exact) mass is 421 g/mol. The number of carbonyl (C=O) groups is 2. The minimum absolute atomic E-state index is 0.136. The van der Waals surface area contributed by atoms with Crippen LogP contribution in [0.15, 0.2) is 24.3 Å². The molecule has 30 heavy (non-hydrogen) atoms. The van der Waals surface area contributed by atoms with E-state index in [-0.39, 0.29) is 18.0 Å². The number of carbonyl (C=O) groups excluding carboxylic acids is 2. The van der Waals surface area contributed by atoms with Gasteiger partial charge in [-0.25, -0.2) is 4.79 Å². The van der Waals surface area contributed by atoms with E-state index in [9.17, 15) is 9.59 Å². The molecule has 0 fully saturated rings. The fourth-order valence-electron chi connectivity index (χ4n) is 3.61. The summed E-state index contributed by atoms with van der Waals surface area (Å²) in [5.41, 5.74) is 0.771. The van der Waals surface area contributed by atoms with E-state index in [4.69, 9.17) is 14.3 Å². The van der Waals surface area contributed by atoms with Crippen molar-refractivity contribution >= 4 is 11.9 Å². The first-order valence-corrected chi connectivity index (χ1v) is 11.0. The average Bonchev–Trinajstić information content (AvgIpc) is 2.74. The maximum Gasteiger partial charge on any atom is 0.337 e. The van der Waals surface area contributed by atoms with Crippen LogP contribution in [-0.2, 0) is 25.7 Å². The van der Waals surface area contributed by atoms with Crippen LogP contribution >= 0.6 is 0 Å². The second-order valence-electron chi connectivity index (χ2n) is 8.11. The van der Waals surface area contributed by atoms with Gasteiger partial charge in [-0.05, 0) is 44.9 Å². The minimum atomic E-state index is -0.720. The maximum atomic E-state index is 12.7. The van der Waals surface area contributed by atoms with Crippen molar-refractivity contribution in [3.05, 3.63) is 35.4 Å². The molecule has 0 aliphatic carbocycles. The summed E-state index contributed by atoms with van der Waals surface area (Å²) in [5.74, 6) is -0.579. The Hall–Kier alpha value is -1.92. The number of unbranched alkanes of at least 4 members (excludes halogenated alkanes) is 4. The first-order chi connectivity index (χ1) is 14.3. The Labute approximate surface area is 181 Å². The highest BCUT2D eigenvalue weighted by molar-refractivity contribution is 5.89. The second kappa shape index (κ2) is 13.4. The number of rotatable bonds is 14. The number of ether oxygens (including phenoxy) is 2. The Morgan fingerprint density at radius 3 is 2.17 bits per heavy atom. The number of hydrogen-bond donors (Lipinski definition) is 0. The van der Waals surface area contributed by atoms with E-state index in [0.29, 0.717) is 18.7 Å². The van der Waals surface area contributed by atoms with Crippen molar-refractivity contribution < 1.29 is 23.9 Å². The van der Waals surface area contributed by atoms with E-state index in [1.165, 1.54) is 26.4 Å². The van der Waals surface area contributed by atoms with Gasteiger partial charge in [0.15, 0.2) is 0 Å². The predicted molar refractivity (Wildman–Crippen MR) is 118 cm³/mol. The van der Waals surface area contributed by atoms with Crippen LogP contribution in [0.5, 0.6) is 0 Å². The molecule has 0 amide bonds. The molecule has 0 saturated carbocycles. The number of esters is 2. The smallest absolute Gasteiger partial charge is 0.337 e. The zero-order valence-electron chi connectivity index (χ0n) is 19.5. The SMILES string of the molecule is CCCCCCCC(N(Cc1ccc(C(=O)OC)cc1)OC)C(C)(C)C(=O)OCC. The molecule has 1 unspecified atom stereocenters. The third kappa shape index (κ3) is 7.73. The zero-order chi connectivity index (χ0) is 22.6. The van der Waals surface area contributed by atoms with E-state index in [2.05, 4.69) is 6.92 Å². The number of hydroxylamine groups is 2. The highest BCUT2D eigenvalue weighted by atomic mass is 16.7. The van der Waals surface area contributed by atoms with Crippen LogP contribution in [-0.4, -0.2) is 43.9 Å². The predicted octanol–water partition coefficient (Wildman–Crippen LogP) is 5.16. The molecule has 0 saturated heterocycles. The molecule has 1 aromatic rings. The largest absolute Gasteiger partial charge is 0.466 e. The molecule has 1 atom stereocenters. The molecule has 0 heterocycles. The van der Waals surface area contributed by atoms with Gasteiger partial charge in [0.1, 0.15) is 0 Å². The highest BCUT2D eigenvalue weighted by Crippen LogP contribution is 2.32. The molecule has 0 radical (unpaired) electrons. The van der Waals surface area contributed by atoms with Crippen molar-refractivity contribution in [1.82, 2.24) is 5.06 Å². The molecule has 1 rings (SSSR count). The van der Waals surface area contributed by atoms with Gasteiger partial charge in [-0.1, -0.05) is 51.2 Å². The van der Waals surface area contributed by atoms with Crippen LogP contribution in [0.2, 0.25) is 0 Å². The first kappa shape index (κ1) is 26.1. The van der Waals surface area contributed by atoms with Crippen LogP contribution in [0.1, 0.15) is 82.1 Å². The van der Waals surface area contributed by atoms with Gasteiger partial charge in [-0.2, -0.15) is 5.06 Å². The van der Waals surface area contributed by atoms with Gasteiger partial charge >= 0.3 is 11.9 Å². The molecule has 0 spiro atoms. The van der Waals surface area contributed by atoms with Gasteiger partial charge in [0.05, 0.1) is 37.8 Å². The van der Waals surface area contributed by atoms with Gasteiger partial charge in [0.2, 0.25) is 0 Å². The second-order valence-corrected chi connectivity index (χ2v) is 8.11. The van der Waals surface area contributed by atoms with E-state index >= 15 is 0 Å². The number of hydrogen-bond acceptors (Lipinski definition) is 6. The van der Waals surface area contributed by atoms with Crippen LogP contribution in [0.3, 0.4) is 0 Å². The molecule has 0 aliphatic rings. The molecule has 0 aliphatic heterocycles. The van der Waals surface area contributed by atoms with E-state index in [1.54, 1.807) is 19.2 Å². The van der Waals surface area contributed by atoms with Crippen molar-refractivity contribution in [2.24, 2.45) is 5.41 Å². The zero-order valence-corrected chi connectivity index (χ0v) is 19.5. The summed E-state index contributed by atoms with van der Waals surface area (Å²) in [5, 5.41) is 1.86. The van der Waals surface area contributed by atoms with E-state index < -0.39 is 5.41 Å². The lowest BCUT2D eigenvalue weighted by Gasteiger charge is -2.39. The standard InChI is InChI=1S/C24H39NO5/c1-7-9-10-11-12-13-21(24(3,4)23(27)30-8-2)25(29-6)18-19-14-16-20(17-15-19)22(26)28-5/h14-17,21H,7-13,18H2,1-6H3. The van der Waals surface area contributed by atoms with Crippen molar-refractivity contribution in [3.63, 3.8) is 0 Å². The van der Waals surface area contributed by atoms with E-state index in [0.717, 1.165) is 24.8 Å². The van der Waals surface area contributed by atoms with Gasteiger partial charge in [0.25, 0.3) is 0 Å². The molecule has 170 valence electrons. The van der Waals surface area contributed by atoms with Gasteiger partial charge in [-0.3, -0.25) is 4.79 Å². The Morgan fingerprint density at radius 1 is 1.00 bits per heavy atom. The summed E-state index contributed by atoms with van der Waals surface area (Å²) in [6, 6.07) is 7.11. The maximum absolute atomic E-state index is 12.7. The lowest BCUT2D eigenvalue weighted by molar-refractivity contribution is -0.205. The lowest BCUT2D eigenvalue weighted by atomic mass is 9.81. The fraction of sp³-hybridized carbons (Fsp3) is 0.667. The van der Waals surface area contributed by atoms with Crippen molar-refractivity contribution in [2.45, 2.75) is 78.8 Å². The molecule has 6 heteroatoms. The minimum Gasteiger partial charge on any atom is -0.466 e. The van der Waals surface area contributed by atoms with Crippen molar-refractivity contribution in [1.29, 1.82) is 0 Å². The summed E-state index contributed by atoms with van der Waals surface area (Å²) in [6.07, 6.45) is 6.62. The number of methoxy groups -OCH3 is 1. The third-order valence-corrected chi connectivity index (χ3v) is 5.51. The Balaban J connectivity index is 2.99. The molecular weight excluding hydrogens is 382 g/mol. The van der Waals surface area contributed by atoms with Crippen LogP contribution < -0.4 is 0 Å². The van der Waals surface area contributed by atoms with Gasteiger partial charge in [0, 0.05) is 6.54 Å². The summed E-state index contributed by atoms with van der Waals surface area (Å²) in [7, 11) is 3.00. The van der Waals surface area contributed by atoms with Gasteiger partial charge in [-0.15, -0.1) is 0 Å². The summed E-state index contributed by atoms with van der Waals surface area (Å²) in [6.45, 7) is 8.73. The first-order valence-electron chi connectivity index (χ1n) is 11.0. The normalized spacial score (nSPS) is 12.6. The summed E-state index contributed by atoms with van der Waals surface area (Å²) < 4.78 is 10.1. The molecule has 0 bridgehead atoms. The molecule has 6 nitrogen and oxygen atoms in total. The summed E-state index contributed by atoms with van der Waals surface area (Å²) in [4.78, 5) is 30.1. The number of nitrogens with zero attached hydrogens (tertiary/aromatic N) is 1. The Bertz CT molecular complexity index is 642. The quantitative estimate of drug-likeness (QED) is 0.235. The van der Waals surface area contributed by atoms with E-state index in [1.807, 2.05) is 38.0 Å². The lowest BCUT2D eigenvalue weighted by Crippen LogP contribution is -2.49. The Kier molecular flexibility index (Phi) is 11.7. The Morgan fingerprint density at radius 2 is 1.63 bits per heavy atom. The van der Waals surface area contributed by atoms with Gasteiger partial charge < -0.3 is 14.3 Å². The topological polar surface area (TPSA) is 65.1 Å². The van der Waals surface area contributed by atoms with Crippen molar-refractivity contribution in [2.75, 3.05) is 20.8 Å². The molecule has 1 aromatic carbocycles. The fourth-order valence-corrected chi connectivity index (χ4v) is 3.61. The molecule has 0 N–H and O–H groups in total. The number of benzene rings is 1. The molecule has 0 aromatic heterocycles. The summed E-state index contributed by atoms with van der Waals surface area (Å²) >= 11 is 0. The van der Waals surface area contributed by atoms with Crippen LogP contribution in [0.4, 0.5) is 0 Å². The van der Waals surface area contributed by atoms with Crippen LogP contribution in [0.25, 0.3) is 0 Å². The average molecular weight is 422 g/mol. The molecular formula is C24H39NO5. The highest BCUT2D eigenvalue weighted by Gasteiger charge is 2.41. The third-order valence-electron chi connectivity index (χ3n) is 5.51.